The van der Waals surface area contributed by atoms with Gasteiger partial charge in [-0.25, -0.2) is 0 Å². The molecule has 1 aliphatic rings. The van der Waals surface area contributed by atoms with Gasteiger partial charge in [-0.05, 0) is 47.0 Å². The summed E-state index contributed by atoms with van der Waals surface area (Å²) in [6.45, 7) is 0.855. The standard InChI is InChI=1S/C18H14N4O2/c1-24-14-3-2-11(7-19)15(6-14)16-5-12(18(21)23)4-13-8-22(10-20)9-17(13)16/h2-6H,8-9H2,1H3,(H2,21,23). The fraction of sp³-hybridized carbons (Fsp3) is 0.167. The van der Waals surface area contributed by atoms with Crippen LogP contribution in [-0.2, 0) is 13.1 Å². The summed E-state index contributed by atoms with van der Waals surface area (Å²) in [5.41, 5.74) is 9.45. The summed E-state index contributed by atoms with van der Waals surface area (Å²) in [5.74, 6) is 0.0632. The number of ether oxygens (including phenoxy) is 1. The van der Waals surface area contributed by atoms with Crippen molar-refractivity contribution in [1.82, 2.24) is 4.90 Å². The van der Waals surface area contributed by atoms with Crippen molar-refractivity contribution in [3.63, 3.8) is 0 Å². The molecule has 24 heavy (non-hydrogen) atoms. The Hall–Kier alpha value is -3.51. The summed E-state index contributed by atoms with van der Waals surface area (Å²) in [5, 5.41) is 18.6. The number of methoxy groups -OCH3 is 1. The van der Waals surface area contributed by atoms with Gasteiger partial charge in [0.2, 0.25) is 5.91 Å². The second-order valence-electron chi connectivity index (χ2n) is 5.51. The van der Waals surface area contributed by atoms with Crippen LogP contribution in [0, 0.1) is 22.8 Å². The molecule has 6 heteroatoms. The third-order valence-electron chi connectivity index (χ3n) is 4.12. The number of amides is 1. The summed E-state index contributed by atoms with van der Waals surface area (Å²) < 4.78 is 5.25. The van der Waals surface area contributed by atoms with E-state index in [4.69, 9.17) is 10.5 Å². The van der Waals surface area contributed by atoms with Crippen LogP contribution in [0.25, 0.3) is 11.1 Å². The van der Waals surface area contributed by atoms with E-state index in [9.17, 15) is 15.3 Å². The van der Waals surface area contributed by atoms with Gasteiger partial charge in [-0.1, -0.05) is 0 Å². The first kappa shape index (κ1) is 15.4. The molecule has 0 fully saturated rings. The highest BCUT2D eigenvalue weighted by Gasteiger charge is 2.24. The number of nitrogens with zero attached hydrogens (tertiary/aromatic N) is 3. The Morgan fingerprint density at radius 1 is 1.21 bits per heavy atom. The number of fused-ring (bicyclic) bond motifs is 1. The van der Waals surface area contributed by atoms with Gasteiger partial charge >= 0.3 is 0 Å². The first-order valence-electron chi connectivity index (χ1n) is 7.26. The molecule has 1 amide bonds. The molecular formula is C18H14N4O2. The molecule has 2 aromatic rings. The van der Waals surface area contributed by atoms with E-state index in [2.05, 4.69) is 12.3 Å². The Bertz CT molecular complexity index is 922. The van der Waals surface area contributed by atoms with Gasteiger partial charge in [0.25, 0.3) is 0 Å². The minimum Gasteiger partial charge on any atom is -0.497 e. The molecule has 1 aliphatic heterocycles. The third-order valence-corrected chi connectivity index (χ3v) is 4.12. The lowest BCUT2D eigenvalue weighted by Crippen LogP contribution is -2.12. The lowest BCUT2D eigenvalue weighted by molar-refractivity contribution is 0.1000. The first-order chi connectivity index (χ1) is 11.6. The molecule has 2 aromatic carbocycles. The van der Waals surface area contributed by atoms with Gasteiger partial charge in [-0.2, -0.15) is 10.5 Å². The van der Waals surface area contributed by atoms with Gasteiger partial charge in [0.05, 0.1) is 31.8 Å². The van der Waals surface area contributed by atoms with Crippen LogP contribution in [-0.4, -0.2) is 17.9 Å². The Morgan fingerprint density at radius 2 is 2.00 bits per heavy atom. The van der Waals surface area contributed by atoms with Crippen LogP contribution in [0.15, 0.2) is 30.3 Å². The maximum Gasteiger partial charge on any atom is 0.248 e. The highest BCUT2D eigenvalue weighted by Crippen LogP contribution is 2.36. The summed E-state index contributed by atoms with van der Waals surface area (Å²) in [6.07, 6.45) is 2.12. The van der Waals surface area contributed by atoms with E-state index >= 15 is 0 Å². The fourth-order valence-electron chi connectivity index (χ4n) is 2.94. The number of primary amides is 1. The van der Waals surface area contributed by atoms with Crippen LogP contribution in [0.1, 0.15) is 27.0 Å². The number of nitriles is 2. The van der Waals surface area contributed by atoms with Crippen molar-refractivity contribution in [1.29, 1.82) is 10.5 Å². The molecule has 0 aliphatic carbocycles. The van der Waals surface area contributed by atoms with Gasteiger partial charge in [-0.15, -0.1) is 0 Å². The average Bonchev–Trinajstić information content (AvgIpc) is 3.03. The van der Waals surface area contributed by atoms with Gasteiger partial charge in [-0.3, -0.25) is 4.79 Å². The molecule has 0 saturated carbocycles. The number of carbonyl (C=O) groups is 1. The molecule has 0 radical (unpaired) electrons. The SMILES string of the molecule is COc1ccc(C#N)c(-c2cc(C(N)=O)cc3c2CN(C#N)C3)c1. The zero-order valence-corrected chi connectivity index (χ0v) is 13.0. The number of hydrogen-bond acceptors (Lipinski definition) is 5. The lowest BCUT2D eigenvalue weighted by atomic mass is 9.91. The molecule has 0 aromatic heterocycles. The predicted octanol–water partition coefficient (Wildman–Crippen LogP) is 2.13. The first-order valence-corrected chi connectivity index (χ1v) is 7.26. The van der Waals surface area contributed by atoms with E-state index in [0.29, 0.717) is 35.5 Å². The zero-order valence-electron chi connectivity index (χ0n) is 13.0. The van der Waals surface area contributed by atoms with Gasteiger partial charge in [0.1, 0.15) is 5.75 Å². The van der Waals surface area contributed by atoms with Gasteiger partial charge in [0, 0.05) is 11.1 Å². The molecule has 118 valence electrons. The smallest absolute Gasteiger partial charge is 0.248 e. The Morgan fingerprint density at radius 3 is 2.62 bits per heavy atom. The topological polar surface area (TPSA) is 103 Å². The second-order valence-corrected chi connectivity index (χ2v) is 5.51. The minimum atomic E-state index is -0.545. The third kappa shape index (κ3) is 2.51. The molecule has 2 N–H and O–H groups in total. The van der Waals surface area contributed by atoms with Crippen LogP contribution >= 0.6 is 0 Å². The molecule has 3 rings (SSSR count). The second kappa shape index (κ2) is 5.94. The van der Waals surface area contributed by atoms with Crippen molar-refractivity contribution in [2.75, 3.05) is 7.11 Å². The Labute approximate surface area is 139 Å². The largest absolute Gasteiger partial charge is 0.497 e. The van der Waals surface area contributed by atoms with Crippen molar-refractivity contribution in [3.05, 3.63) is 52.6 Å². The van der Waals surface area contributed by atoms with Gasteiger partial charge < -0.3 is 15.4 Å². The van der Waals surface area contributed by atoms with E-state index < -0.39 is 5.91 Å². The summed E-state index contributed by atoms with van der Waals surface area (Å²) in [4.78, 5) is 13.3. The van der Waals surface area contributed by atoms with Crippen molar-refractivity contribution in [3.8, 4) is 29.1 Å². The van der Waals surface area contributed by atoms with E-state index in [1.54, 1.807) is 42.3 Å². The minimum absolute atomic E-state index is 0.357. The number of hydrogen-bond donors (Lipinski definition) is 1. The van der Waals surface area contributed by atoms with Crippen molar-refractivity contribution in [2.24, 2.45) is 5.73 Å². The van der Waals surface area contributed by atoms with Crippen LogP contribution < -0.4 is 10.5 Å². The average molecular weight is 318 g/mol. The van der Waals surface area contributed by atoms with Crippen LogP contribution in [0.4, 0.5) is 0 Å². The van der Waals surface area contributed by atoms with E-state index in [1.807, 2.05) is 0 Å². The van der Waals surface area contributed by atoms with E-state index in [-0.39, 0.29) is 0 Å². The predicted molar refractivity (Wildman–Crippen MR) is 86.5 cm³/mol. The maximum absolute atomic E-state index is 11.7. The van der Waals surface area contributed by atoms with E-state index in [1.165, 1.54) is 0 Å². The van der Waals surface area contributed by atoms with Crippen molar-refractivity contribution in [2.45, 2.75) is 13.1 Å². The molecule has 0 spiro atoms. The van der Waals surface area contributed by atoms with Crippen LogP contribution in [0.3, 0.4) is 0 Å². The molecule has 6 nitrogen and oxygen atoms in total. The summed E-state index contributed by atoms with van der Waals surface area (Å²) in [7, 11) is 1.55. The highest BCUT2D eigenvalue weighted by atomic mass is 16.5. The molecule has 0 bridgehead atoms. The number of benzene rings is 2. The summed E-state index contributed by atoms with van der Waals surface area (Å²) >= 11 is 0. The number of nitrogens with two attached hydrogens (primary N) is 1. The van der Waals surface area contributed by atoms with Gasteiger partial charge in [0.15, 0.2) is 6.19 Å². The van der Waals surface area contributed by atoms with Crippen LogP contribution in [0.5, 0.6) is 5.75 Å². The molecule has 0 atom stereocenters. The zero-order chi connectivity index (χ0) is 17.3. The fourth-order valence-corrected chi connectivity index (χ4v) is 2.94. The Balaban J connectivity index is 2.28. The van der Waals surface area contributed by atoms with Crippen molar-refractivity contribution < 1.29 is 9.53 Å². The summed E-state index contributed by atoms with van der Waals surface area (Å²) in [6, 6.07) is 10.7. The lowest BCUT2D eigenvalue weighted by Gasteiger charge is -2.13. The normalized spacial score (nSPS) is 12.2. The maximum atomic E-state index is 11.7. The number of rotatable bonds is 3. The van der Waals surface area contributed by atoms with Crippen molar-refractivity contribution >= 4 is 5.91 Å². The molecule has 0 saturated heterocycles. The molecule has 0 unspecified atom stereocenters. The molecule has 1 heterocycles. The number of carbonyl (C=O) groups excluding carboxylic acids is 1. The monoisotopic (exact) mass is 318 g/mol. The quantitative estimate of drug-likeness (QED) is 0.873. The van der Waals surface area contributed by atoms with E-state index in [0.717, 1.165) is 16.7 Å². The highest BCUT2D eigenvalue weighted by molar-refractivity contribution is 5.95. The molecular weight excluding hydrogens is 304 g/mol. The van der Waals surface area contributed by atoms with Crippen LogP contribution in [0.2, 0.25) is 0 Å². The Kier molecular flexibility index (Phi) is 3.81.